The minimum atomic E-state index is -0.319. The van der Waals surface area contributed by atoms with E-state index in [1.807, 2.05) is 6.92 Å². The molecule has 2 saturated carbocycles. The summed E-state index contributed by atoms with van der Waals surface area (Å²) in [5.41, 5.74) is 0.459. The molecule has 8 nitrogen and oxygen atoms in total. The molecular formula is C19H22N6O2. The van der Waals surface area contributed by atoms with Gasteiger partial charge in [-0.1, -0.05) is 0 Å². The van der Waals surface area contributed by atoms with Crippen molar-refractivity contribution in [1.29, 1.82) is 0 Å². The highest BCUT2D eigenvalue weighted by molar-refractivity contribution is 5.93. The Morgan fingerprint density at radius 3 is 2.19 bits per heavy atom. The molecule has 140 valence electrons. The number of nitrogens with one attached hydrogen (secondary N) is 2. The molecule has 2 atom stereocenters. The zero-order valence-electron chi connectivity index (χ0n) is 15.2. The first-order valence-electron chi connectivity index (χ1n) is 9.20. The Morgan fingerprint density at radius 2 is 1.56 bits per heavy atom. The third-order valence-corrected chi connectivity index (χ3v) is 5.61. The highest BCUT2D eigenvalue weighted by Crippen LogP contribution is 2.48. The Bertz CT molecular complexity index is 856. The fourth-order valence-corrected chi connectivity index (χ4v) is 4.36. The van der Waals surface area contributed by atoms with E-state index in [1.54, 1.807) is 24.7 Å². The average molecular weight is 366 g/mol. The van der Waals surface area contributed by atoms with E-state index >= 15 is 0 Å². The molecular weight excluding hydrogens is 344 g/mol. The van der Waals surface area contributed by atoms with Crippen molar-refractivity contribution >= 4 is 11.8 Å². The van der Waals surface area contributed by atoms with Crippen molar-refractivity contribution in [3.05, 3.63) is 48.1 Å². The number of aromatic nitrogens is 4. The monoisotopic (exact) mass is 366 g/mol. The standard InChI is InChI=1S/C19H22N6O2/c1-13-10-23-14(11-22-13)16(26)24-18-4-2-5-19(12-18,7-6-18)25-17(27)15-20-8-3-9-21-15/h3,8-11H,2,4-7,12H2,1H3,(H,24,26)(H,25,27). The van der Waals surface area contributed by atoms with Gasteiger partial charge in [0.15, 0.2) is 0 Å². The first-order valence-corrected chi connectivity index (χ1v) is 9.20. The van der Waals surface area contributed by atoms with Crippen LogP contribution in [0, 0.1) is 6.92 Å². The predicted octanol–water partition coefficient (Wildman–Crippen LogP) is 1.58. The molecule has 2 aromatic heterocycles. The smallest absolute Gasteiger partial charge is 0.289 e. The molecule has 0 saturated heterocycles. The summed E-state index contributed by atoms with van der Waals surface area (Å²) in [5, 5.41) is 6.32. The molecule has 2 N–H and O–H groups in total. The van der Waals surface area contributed by atoms with Gasteiger partial charge in [0.2, 0.25) is 5.82 Å². The molecule has 2 fully saturated rings. The lowest BCUT2D eigenvalue weighted by Gasteiger charge is -2.40. The van der Waals surface area contributed by atoms with E-state index in [4.69, 9.17) is 0 Å². The molecule has 0 radical (unpaired) electrons. The normalized spacial score (nSPS) is 26.4. The lowest BCUT2D eigenvalue weighted by Crippen LogP contribution is -2.55. The van der Waals surface area contributed by atoms with E-state index in [0.717, 1.165) is 37.8 Å². The number of carbonyl (C=O) groups is 2. The second-order valence-electron chi connectivity index (χ2n) is 7.61. The number of aryl methyl sites for hydroxylation is 1. The topological polar surface area (TPSA) is 110 Å². The number of hydrogen-bond donors (Lipinski definition) is 2. The SMILES string of the molecule is Cc1cnc(C(=O)NC23CCCC(NC(=O)c4ncccn4)(CC2)C3)cn1. The summed E-state index contributed by atoms with van der Waals surface area (Å²) in [6, 6.07) is 1.68. The minimum absolute atomic E-state index is 0.175. The van der Waals surface area contributed by atoms with Gasteiger partial charge in [-0.05, 0) is 51.5 Å². The maximum Gasteiger partial charge on any atom is 0.289 e. The Morgan fingerprint density at radius 1 is 0.889 bits per heavy atom. The van der Waals surface area contributed by atoms with Gasteiger partial charge in [-0.15, -0.1) is 0 Å². The van der Waals surface area contributed by atoms with Crippen LogP contribution < -0.4 is 10.6 Å². The van der Waals surface area contributed by atoms with E-state index < -0.39 is 0 Å². The second kappa shape index (κ2) is 6.68. The highest BCUT2D eigenvalue weighted by atomic mass is 16.2. The molecule has 2 heterocycles. The van der Waals surface area contributed by atoms with Crippen molar-refractivity contribution in [1.82, 2.24) is 30.6 Å². The first kappa shape index (κ1) is 17.5. The van der Waals surface area contributed by atoms with Gasteiger partial charge in [0.1, 0.15) is 5.69 Å². The summed E-state index contributed by atoms with van der Waals surface area (Å²) < 4.78 is 0. The van der Waals surface area contributed by atoms with Gasteiger partial charge >= 0.3 is 0 Å². The average Bonchev–Trinajstić information content (AvgIpc) is 2.92. The molecule has 2 aromatic rings. The van der Waals surface area contributed by atoms with Crippen LogP contribution in [0.5, 0.6) is 0 Å². The van der Waals surface area contributed by atoms with Gasteiger partial charge in [-0.2, -0.15) is 0 Å². The Kier molecular flexibility index (Phi) is 4.33. The van der Waals surface area contributed by atoms with Crippen LogP contribution in [0.25, 0.3) is 0 Å². The van der Waals surface area contributed by atoms with Crippen molar-refractivity contribution in [3.8, 4) is 0 Å². The first-order chi connectivity index (χ1) is 13.0. The lowest BCUT2D eigenvalue weighted by atomic mass is 9.78. The van der Waals surface area contributed by atoms with E-state index in [2.05, 4.69) is 30.6 Å². The largest absolute Gasteiger partial charge is 0.345 e. The second-order valence-corrected chi connectivity index (χ2v) is 7.61. The van der Waals surface area contributed by atoms with E-state index in [9.17, 15) is 9.59 Å². The van der Waals surface area contributed by atoms with Gasteiger partial charge < -0.3 is 10.6 Å². The van der Waals surface area contributed by atoms with E-state index in [0.29, 0.717) is 12.1 Å². The summed E-state index contributed by atoms with van der Waals surface area (Å²) in [7, 11) is 0. The summed E-state index contributed by atoms with van der Waals surface area (Å²) in [6.45, 7) is 1.83. The molecule has 2 bridgehead atoms. The zero-order valence-corrected chi connectivity index (χ0v) is 15.2. The van der Waals surface area contributed by atoms with Gasteiger partial charge in [0.25, 0.3) is 11.8 Å². The number of nitrogens with zero attached hydrogens (tertiary/aromatic N) is 4. The van der Waals surface area contributed by atoms with Gasteiger partial charge in [-0.25, -0.2) is 15.0 Å². The van der Waals surface area contributed by atoms with Crippen molar-refractivity contribution < 1.29 is 9.59 Å². The molecule has 0 aliphatic heterocycles. The summed E-state index contributed by atoms with van der Waals surface area (Å²) in [5.74, 6) is -0.295. The van der Waals surface area contributed by atoms with Crippen LogP contribution in [-0.4, -0.2) is 42.8 Å². The van der Waals surface area contributed by atoms with E-state index in [1.165, 1.54) is 6.20 Å². The molecule has 8 heteroatoms. The van der Waals surface area contributed by atoms with Crippen LogP contribution in [0.15, 0.2) is 30.9 Å². The van der Waals surface area contributed by atoms with Crippen molar-refractivity contribution in [2.45, 2.75) is 56.5 Å². The molecule has 2 unspecified atom stereocenters. The Hall–Kier alpha value is -2.90. The lowest BCUT2D eigenvalue weighted by molar-refractivity contribution is 0.0824. The Balaban J connectivity index is 1.47. The molecule has 2 aliphatic carbocycles. The van der Waals surface area contributed by atoms with Gasteiger partial charge in [0.05, 0.1) is 11.9 Å². The molecule has 2 aliphatic rings. The number of carbonyl (C=O) groups excluding carboxylic acids is 2. The highest BCUT2D eigenvalue weighted by Gasteiger charge is 2.52. The fourth-order valence-electron chi connectivity index (χ4n) is 4.36. The molecule has 0 spiro atoms. The van der Waals surface area contributed by atoms with Crippen LogP contribution in [0.4, 0.5) is 0 Å². The van der Waals surface area contributed by atoms with Crippen LogP contribution in [0.3, 0.4) is 0 Å². The summed E-state index contributed by atoms with van der Waals surface area (Å²) >= 11 is 0. The maximum atomic E-state index is 12.6. The summed E-state index contributed by atoms with van der Waals surface area (Å²) in [6.07, 6.45) is 11.3. The molecule has 0 aromatic carbocycles. The van der Waals surface area contributed by atoms with Crippen LogP contribution in [0.1, 0.15) is 65.3 Å². The minimum Gasteiger partial charge on any atom is -0.345 e. The molecule has 4 rings (SSSR count). The van der Waals surface area contributed by atoms with Crippen LogP contribution in [-0.2, 0) is 0 Å². The fraction of sp³-hybridized carbons (Fsp3) is 0.474. The third-order valence-electron chi connectivity index (χ3n) is 5.61. The van der Waals surface area contributed by atoms with Crippen LogP contribution >= 0.6 is 0 Å². The van der Waals surface area contributed by atoms with Gasteiger partial charge in [0, 0.05) is 29.7 Å². The van der Waals surface area contributed by atoms with E-state index in [-0.39, 0.29) is 28.7 Å². The number of fused-ring (bicyclic) bond motifs is 2. The quantitative estimate of drug-likeness (QED) is 0.850. The van der Waals surface area contributed by atoms with Crippen molar-refractivity contribution in [2.24, 2.45) is 0 Å². The summed E-state index contributed by atoms with van der Waals surface area (Å²) in [4.78, 5) is 41.5. The molecule has 27 heavy (non-hydrogen) atoms. The number of rotatable bonds is 4. The zero-order chi connectivity index (χ0) is 18.9. The predicted molar refractivity (Wildman–Crippen MR) is 96.9 cm³/mol. The maximum absolute atomic E-state index is 12.6. The van der Waals surface area contributed by atoms with Crippen molar-refractivity contribution in [2.75, 3.05) is 0 Å². The Labute approximate surface area is 157 Å². The van der Waals surface area contributed by atoms with Gasteiger partial charge in [-0.3, -0.25) is 14.6 Å². The number of amides is 2. The van der Waals surface area contributed by atoms with Crippen molar-refractivity contribution in [3.63, 3.8) is 0 Å². The number of hydrogen-bond acceptors (Lipinski definition) is 6. The van der Waals surface area contributed by atoms with Crippen LogP contribution in [0.2, 0.25) is 0 Å². The molecule has 2 amide bonds. The third kappa shape index (κ3) is 3.51.